The minimum Gasteiger partial charge on any atom is -0.367 e. The van der Waals surface area contributed by atoms with Crippen molar-refractivity contribution in [3.63, 3.8) is 0 Å². The molecule has 0 aliphatic heterocycles. The van der Waals surface area contributed by atoms with Crippen molar-refractivity contribution in [2.75, 3.05) is 5.32 Å². The lowest BCUT2D eigenvalue weighted by Crippen LogP contribution is -2.19. The molecule has 4 aromatic rings. The molecule has 0 bridgehead atoms. The van der Waals surface area contributed by atoms with Gasteiger partial charge in [0.2, 0.25) is 0 Å². The molecule has 0 aromatic carbocycles. The van der Waals surface area contributed by atoms with Gasteiger partial charge in [-0.15, -0.1) is 10.2 Å². The number of hydrogen-bond acceptors (Lipinski definition) is 7. The second-order valence-corrected chi connectivity index (χ2v) is 8.33. The molecule has 1 aliphatic rings. The summed E-state index contributed by atoms with van der Waals surface area (Å²) < 4.78 is 1.88. The molecule has 28 heavy (non-hydrogen) atoms. The Morgan fingerprint density at radius 3 is 2.75 bits per heavy atom. The van der Waals surface area contributed by atoms with E-state index in [1.807, 2.05) is 42.8 Å². The lowest BCUT2D eigenvalue weighted by molar-refractivity contribution is 0.930. The highest BCUT2D eigenvalue weighted by molar-refractivity contribution is 7.14. The van der Waals surface area contributed by atoms with Crippen molar-refractivity contribution in [1.29, 1.82) is 5.26 Å². The maximum absolute atomic E-state index is 9.54. The van der Waals surface area contributed by atoms with Crippen LogP contribution < -0.4 is 5.32 Å². The van der Waals surface area contributed by atoms with Crippen molar-refractivity contribution in [2.45, 2.75) is 32.2 Å². The van der Waals surface area contributed by atoms with Gasteiger partial charge in [-0.2, -0.15) is 10.4 Å². The highest BCUT2D eigenvalue weighted by Crippen LogP contribution is 2.42. The summed E-state index contributed by atoms with van der Waals surface area (Å²) in [5, 5.41) is 27.5. The molecule has 0 radical (unpaired) electrons. The summed E-state index contributed by atoms with van der Waals surface area (Å²) in [6.45, 7) is 3.95. The summed E-state index contributed by atoms with van der Waals surface area (Å²) in [6.07, 6.45) is 5.32. The fourth-order valence-electron chi connectivity index (χ4n) is 3.22. The molecule has 1 fully saturated rings. The molecule has 1 aliphatic carbocycles. The van der Waals surface area contributed by atoms with Gasteiger partial charge >= 0.3 is 0 Å². The maximum Gasteiger partial charge on any atom is 0.151 e. The molecule has 0 saturated heterocycles. The van der Waals surface area contributed by atoms with Crippen molar-refractivity contribution < 1.29 is 0 Å². The van der Waals surface area contributed by atoms with Crippen molar-refractivity contribution >= 4 is 22.5 Å². The Morgan fingerprint density at radius 1 is 1.18 bits per heavy atom. The SMILES string of the molecule is Cc1cnn2c(-c3cc(NC4(C#N)CC4)c(-c4nnc(C)s4)cn3)ccc2c1. The van der Waals surface area contributed by atoms with Crippen LogP contribution in [0.25, 0.3) is 27.5 Å². The quantitative estimate of drug-likeness (QED) is 0.569. The van der Waals surface area contributed by atoms with Gasteiger partial charge in [-0.05, 0) is 56.5 Å². The first-order chi connectivity index (χ1) is 13.6. The molecule has 1 saturated carbocycles. The Hall–Kier alpha value is -3.31. The first-order valence-corrected chi connectivity index (χ1v) is 9.83. The first-order valence-electron chi connectivity index (χ1n) is 9.02. The zero-order valence-corrected chi connectivity index (χ0v) is 16.3. The molecule has 0 atom stereocenters. The Labute approximate surface area is 165 Å². The molecule has 138 valence electrons. The van der Waals surface area contributed by atoms with E-state index in [1.54, 1.807) is 6.20 Å². The van der Waals surface area contributed by atoms with Gasteiger partial charge in [0.25, 0.3) is 0 Å². The Kier molecular flexibility index (Phi) is 3.67. The number of aromatic nitrogens is 5. The van der Waals surface area contributed by atoms with E-state index in [9.17, 15) is 5.26 Å². The topological polar surface area (TPSA) is 91.8 Å². The van der Waals surface area contributed by atoms with Gasteiger partial charge in [-0.3, -0.25) is 4.98 Å². The van der Waals surface area contributed by atoms with E-state index in [4.69, 9.17) is 0 Å². The zero-order chi connectivity index (χ0) is 19.3. The average molecular weight is 387 g/mol. The number of nitrogens with zero attached hydrogens (tertiary/aromatic N) is 6. The predicted octanol–water partition coefficient (Wildman–Crippen LogP) is 4.00. The lowest BCUT2D eigenvalue weighted by atomic mass is 10.1. The van der Waals surface area contributed by atoms with Crippen LogP contribution >= 0.6 is 11.3 Å². The highest BCUT2D eigenvalue weighted by Gasteiger charge is 2.43. The van der Waals surface area contributed by atoms with E-state index < -0.39 is 5.54 Å². The van der Waals surface area contributed by atoms with Crippen LogP contribution in [0, 0.1) is 25.2 Å². The summed E-state index contributed by atoms with van der Waals surface area (Å²) in [5.41, 5.74) is 5.04. The monoisotopic (exact) mass is 387 g/mol. The van der Waals surface area contributed by atoms with Crippen LogP contribution in [0.2, 0.25) is 0 Å². The largest absolute Gasteiger partial charge is 0.367 e. The first kappa shape index (κ1) is 16.8. The van der Waals surface area contributed by atoms with E-state index in [-0.39, 0.29) is 0 Å². The number of rotatable bonds is 4. The lowest BCUT2D eigenvalue weighted by Gasteiger charge is -2.15. The summed E-state index contributed by atoms with van der Waals surface area (Å²) in [4.78, 5) is 4.67. The number of nitriles is 1. The molecular formula is C20H17N7S. The zero-order valence-electron chi connectivity index (χ0n) is 15.5. The number of aryl methyl sites for hydroxylation is 2. The molecule has 0 amide bonds. The van der Waals surface area contributed by atoms with Gasteiger partial charge in [0, 0.05) is 11.9 Å². The molecule has 5 rings (SSSR count). The Bertz CT molecular complexity index is 1240. The van der Waals surface area contributed by atoms with Crippen LogP contribution in [0.5, 0.6) is 0 Å². The highest BCUT2D eigenvalue weighted by atomic mass is 32.1. The molecule has 1 N–H and O–H groups in total. The predicted molar refractivity (Wildman–Crippen MR) is 108 cm³/mol. The average Bonchev–Trinajstić information content (AvgIpc) is 3.13. The van der Waals surface area contributed by atoms with Crippen LogP contribution in [0.1, 0.15) is 23.4 Å². The number of hydrogen-bond donors (Lipinski definition) is 1. The maximum atomic E-state index is 9.54. The molecule has 0 unspecified atom stereocenters. The van der Waals surface area contributed by atoms with Gasteiger partial charge in [-0.1, -0.05) is 11.3 Å². The van der Waals surface area contributed by atoms with Crippen molar-refractivity contribution in [2.24, 2.45) is 0 Å². The number of anilines is 1. The van der Waals surface area contributed by atoms with Gasteiger partial charge in [0.1, 0.15) is 10.5 Å². The molecule has 8 heteroatoms. The smallest absolute Gasteiger partial charge is 0.151 e. The minimum atomic E-state index is -0.496. The summed E-state index contributed by atoms with van der Waals surface area (Å²) in [5.74, 6) is 0. The third kappa shape index (κ3) is 2.80. The molecule has 4 heterocycles. The molecule has 4 aromatic heterocycles. The fourth-order valence-corrected chi connectivity index (χ4v) is 3.93. The standard InChI is InChI=1S/C20H17N7S/c1-12-7-14-3-4-18(27(14)23-9-12)17-8-16(24-20(11-21)5-6-20)15(10-22-17)19-26-25-13(2)28-19/h3-4,7-10H,5-6H2,1-2H3,(H,22,24). The van der Waals surface area contributed by atoms with E-state index in [1.165, 1.54) is 11.3 Å². The third-order valence-electron chi connectivity index (χ3n) is 4.90. The van der Waals surface area contributed by atoms with E-state index in [0.717, 1.165) is 56.6 Å². The summed E-state index contributed by atoms with van der Waals surface area (Å²) >= 11 is 1.51. The minimum absolute atomic E-state index is 0.496. The Morgan fingerprint density at radius 2 is 2.04 bits per heavy atom. The summed E-state index contributed by atoms with van der Waals surface area (Å²) in [7, 11) is 0. The van der Waals surface area contributed by atoms with E-state index in [0.29, 0.717) is 0 Å². The van der Waals surface area contributed by atoms with Gasteiger partial charge in [-0.25, -0.2) is 4.52 Å². The van der Waals surface area contributed by atoms with Crippen LogP contribution in [-0.2, 0) is 0 Å². The van der Waals surface area contributed by atoms with Crippen LogP contribution in [0.3, 0.4) is 0 Å². The third-order valence-corrected chi connectivity index (χ3v) is 5.77. The van der Waals surface area contributed by atoms with Crippen LogP contribution in [-0.4, -0.2) is 30.3 Å². The summed E-state index contributed by atoms with van der Waals surface area (Å²) in [6, 6.07) is 10.5. The molecular weight excluding hydrogens is 370 g/mol. The van der Waals surface area contributed by atoms with Crippen LogP contribution in [0.15, 0.2) is 36.7 Å². The number of fused-ring (bicyclic) bond motifs is 1. The number of nitrogens with one attached hydrogen (secondary N) is 1. The van der Waals surface area contributed by atoms with E-state index >= 15 is 0 Å². The molecule has 0 spiro atoms. The van der Waals surface area contributed by atoms with Crippen LogP contribution in [0.4, 0.5) is 5.69 Å². The van der Waals surface area contributed by atoms with Gasteiger partial charge in [0.15, 0.2) is 5.01 Å². The van der Waals surface area contributed by atoms with Gasteiger partial charge in [0.05, 0.1) is 34.7 Å². The van der Waals surface area contributed by atoms with Crippen molar-refractivity contribution in [3.8, 4) is 28.0 Å². The van der Waals surface area contributed by atoms with Crippen molar-refractivity contribution in [3.05, 3.63) is 47.2 Å². The molecule has 7 nitrogen and oxygen atoms in total. The second kappa shape index (κ2) is 6.11. The number of pyridine rings is 1. The Balaban J connectivity index is 1.64. The fraction of sp³-hybridized carbons (Fsp3) is 0.250. The normalized spacial score (nSPS) is 14.8. The van der Waals surface area contributed by atoms with E-state index in [2.05, 4.69) is 37.7 Å². The van der Waals surface area contributed by atoms with Gasteiger partial charge < -0.3 is 5.32 Å². The second-order valence-electron chi connectivity index (χ2n) is 7.15. The van der Waals surface area contributed by atoms with Crippen molar-refractivity contribution in [1.82, 2.24) is 24.8 Å².